The number of nitrogens with zero attached hydrogens (tertiary/aromatic N) is 2. The van der Waals surface area contributed by atoms with Crippen molar-refractivity contribution < 1.29 is 18.3 Å². The Bertz CT molecular complexity index is 675. The molecule has 6 nitrogen and oxygen atoms in total. The summed E-state index contributed by atoms with van der Waals surface area (Å²) in [6.45, 7) is 7.33. The Hall–Kier alpha value is -1.65. The molecule has 1 saturated heterocycles. The molecule has 9 heteroatoms. The van der Waals surface area contributed by atoms with Gasteiger partial charge in [0.25, 0.3) is 0 Å². The Morgan fingerprint density at radius 1 is 1.29 bits per heavy atom. The minimum atomic E-state index is -0.579. The first-order valence-electron chi connectivity index (χ1n) is 9.06. The minimum Gasteiger partial charge on any atom is -0.444 e. The predicted molar refractivity (Wildman–Crippen MR) is 116 cm³/mol. The van der Waals surface area contributed by atoms with Gasteiger partial charge in [0, 0.05) is 32.7 Å². The van der Waals surface area contributed by atoms with Crippen LogP contribution in [0.1, 0.15) is 32.8 Å². The maximum atomic E-state index is 13.2. The molecule has 1 aromatic rings. The Morgan fingerprint density at radius 2 is 1.93 bits per heavy atom. The number of hydrogen-bond donors (Lipinski definition) is 2. The Balaban J connectivity index is 0.00000392. The lowest BCUT2D eigenvalue weighted by Crippen LogP contribution is -2.44. The topological polar surface area (TPSA) is 66.0 Å². The van der Waals surface area contributed by atoms with Gasteiger partial charge in [-0.1, -0.05) is 0 Å². The zero-order valence-corrected chi connectivity index (χ0v) is 19.1. The summed E-state index contributed by atoms with van der Waals surface area (Å²) in [6.07, 6.45) is 0.835. The fraction of sp³-hybridized carbons (Fsp3) is 0.579. The number of benzene rings is 1. The van der Waals surface area contributed by atoms with Crippen molar-refractivity contribution in [2.24, 2.45) is 4.99 Å². The fourth-order valence-corrected chi connectivity index (χ4v) is 2.95. The average molecular weight is 510 g/mol. The molecule has 0 saturated carbocycles. The third-order valence-electron chi connectivity index (χ3n) is 4.04. The van der Waals surface area contributed by atoms with Crippen LogP contribution in [0.2, 0.25) is 0 Å². The zero-order valence-electron chi connectivity index (χ0n) is 16.7. The predicted octanol–water partition coefficient (Wildman–Crippen LogP) is 3.30. The van der Waals surface area contributed by atoms with E-state index in [2.05, 4.69) is 15.6 Å². The van der Waals surface area contributed by atoms with Gasteiger partial charge in [-0.3, -0.25) is 4.99 Å². The Morgan fingerprint density at radius 3 is 2.50 bits per heavy atom. The van der Waals surface area contributed by atoms with Crippen LogP contribution in [0.4, 0.5) is 13.6 Å². The van der Waals surface area contributed by atoms with E-state index in [0.29, 0.717) is 31.0 Å². The van der Waals surface area contributed by atoms with Crippen LogP contribution in [0, 0.1) is 11.6 Å². The highest BCUT2D eigenvalue weighted by Gasteiger charge is 2.27. The third-order valence-corrected chi connectivity index (χ3v) is 4.04. The van der Waals surface area contributed by atoms with Crippen molar-refractivity contribution in [3.8, 4) is 0 Å². The molecule has 0 aliphatic carbocycles. The Kier molecular flexibility index (Phi) is 9.38. The first kappa shape index (κ1) is 24.4. The number of alkyl carbamates (subject to hydrolysis) is 1. The molecule has 0 bridgehead atoms. The van der Waals surface area contributed by atoms with E-state index in [1.165, 1.54) is 12.1 Å². The molecule has 1 fully saturated rings. The molecule has 1 aliphatic heterocycles. The van der Waals surface area contributed by atoms with Crippen molar-refractivity contribution in [3.05, 3.63) is 35.4 Å². The van der Waals surface area contributed by atoms with Gasteiger partial charge in [-0.05, 0) is 51.3 Å². The number of likely N-dealkylation sites (tertiary alicyclic amines) is 1. The van der Waals surface area contributed by atoms with Crippen LogP contribution in [0.3, 0.4) is 0 Å². The molecule has 0 aromatic heterocycles. The standard InChI is InChI=1S/C19H28F2N4O2.HI/c1-19(2,3)27-18(26)24-16-6-8-25(12-16)17(22-4)23-7-5-13-9-14(20)11-15(21)10-13;/h9-11,16H,5-8,12H2,1-4H3,(H,22,23)(H,24,26);1H. The highest BCUT2D eigenvalue weighted by atomic mass is 127. The van der Waals surface area contributed by atoms with Crippen LogP contribution >= 0.6 is 24.0 Å². The molecule has 1 amide bonds. The van der Waals surface area contributed by atoms with E-state index in [0.717, 1.165) is 19.0 Å². The van der Waals surface area contributed by atoms with Crippen LogP contribution in [0.25, 0.3) is 0 Å². The van der Waals surface area contributed by atoms with E-state index in [9.17, 15) is 13.6 Å². The van der Waals surface area contributed by atoms with E-state index < -0.39 is 23.3 Å². The van der Waals surface area contributed by atoms with Crippen LogP contribution in [-0.4, -0.2) is 55.3 Å². The molecular formula is C19H29F2IN4O2. The van der Waals surface area contributed by atoms with Crippen molar-refractivity contribution in [3.63, 3.8) is 0 Å². The van der Waals surface area contributed by atoms with E-state index in [1.54, 1.807) is 7.05 Å². The molecule has 158 valence electrons. The van der Waals surface area contributed by atoms with Crippen LogP contribution in [-0.2, 0) is 11.2 Å². The second-order valence-electron chi connectivity index (χ2n) is 7.58. The summed E-state index contributed by atoms with van der Waals surface area (Å²) >= 11 is 0. The van der Waals surface area contributed by atoms with E-state index in [4.69, 9.17) is 4.74 Å². The highest BCUT2D eigenvalue weighted by molar-refractivity contribution is 14.0. The normalized spacial score (nSPS) is 17.1. The molecule has 1 aromatic carbocycles. The zero-order chi connectivity index (χ0) is 20.0. The van der Waals surface area contributed by atoms with Gasteiger partial charge in [0.05, 0.1) is 6.04 Å². The number of halogens is 3. The number of ether oxygens (including phenoxy) is 1. The second-order valence-corrected chi connectivity index (χ2v) is 7.58. The minimum absolute atomic E-state index is 0. The monoisotopic (exact) mass is 510 g/mol. The van der Waals surface area contributed by atoms with Crippen molar-refractivity contribution >= 4 is 36.0 Å². The lowest BCUT2D eigenvalue weighted by Gasteiger charge is -2.23. The van der Waals surface area contributed by atoms with E-state index >= 15 is 0 Å². The van der Waals surface area contributed by atoms with Gasteiger partial charge >= 0.3 is 6.09 Å². The number of carbonyl (C=O) groups excluding carboxylic acids is 1. The molecular weight excluding hydrogens is 481 g/mol. The maximum absolute atomic E-state index is 13.2. The van der Waals surface area contributed by atoms with Crippen molar-refractivity contribution in [1.82, 2.24) is 15.5 Å². The number of guanidine groups is 1. The smallest absolute Gasteiger partial charge is 0.407 e. The summed E-state index contributed by atoms with van der Waals surface area (Å²) < 4.78 is 31.8. The van der Waals surface area contributed by atoms with Gasteiger partial charge in [0.15, 0.2) is 5.96 Å². The van der Waals surface area contributed by atoms with Crippen LogP contribution < -0.4 is 10.6 Å². The fourth-order valence-electron chi connectivity index (χ4n) is 2.95. The maximum Gasteiger partial charge on any atom is 0.407 e. The van der Waals surface area contributed by atoms with Gasteiger partial charge in [-0.15, -0.1) is 24.0 Å². The number of amides is 1. The summed E-state index contributed by atoms with van der Waals surface area (Å²) in [5, 5.41) is 6.07. The van der Waals surface area contributed by atoms with E-state index in [1.807, 2.05) is 25.7 Å². The molecule has 28 heavy (non-hydrogen) atoms. The number of hydrogen-bond acceptors (Lipinski definition) is 3. The number of rotatable bonds is 4. The first-order valence-corrected chi connectivity index (χ1v) is 9.06. The average Bonchev–Trinajstić information content (AvgIpc) is 2.96. The van der Waals surface area contributed by atoms with Gasteiger partial charge in [-0.25, -0.2) is 13.6 Å². The van der Waals surface area contributed by atoms with Crippen LogP contribution in [0.5, 0.6) is 0 Å². The van der Waals surface area contributed by atoms with Gasteiger partial charge in [-0.2, -0.15) is 0 Å². The molecule has 1 unspecified atom stereocenters. The molecule has 2 rings (SSSR count). The van der Waals surface area contributed by atoms with Crippen molar-refractivity contribution in [1.29, 1.82) is 0 Å². The number of aliphatic imine (C=N–C) groups is 1. The Labute approximate surface area is 182 Å². The molecule has 0 radical (unpaired) electrons. The summed E-state index contributed by atoms with van der Waals surface area (Å²) in [6, 6.07) is 3.49. The summed E-state index contributed by atoms with van der Waals surface area (Å²) in [5.41, 5.74) is 0.0532. The van der Waals surface area contributed by atoms with Crippen molar-refractivity contribution in [2.75, 3.05) is 26.7 Å². The third kappa shape index (κ3) is 8.15. The lowest BCUT2D eigenvalue weighted by atomic mass is 10.1. The largest absolute Gasteiger partial charge is 0.444 e. The number of nitrogens with one attached hydrogen (secondary N) is 2. The summed E-state index contributed by atoms with van der Waals surface area (Å²) in [4.78, 5) is 18.2. The SMILES string of the molecule is CN=C(NCCc1cc(F)cc(F)c1)N1CCC(NC(=O)OC(C)(C)C)C1.I. The molecule has 2 N–H and O–H groups in total. The summed E-state index contributed by atoms with van der Waals surface area (Å²) in [7, 11) is 1.68. The number of carbonyl (C=O) groups is 1. The molecule has 0 spiro atoms. The molecule has 1 atom stereocenters. The lowest BCUT2D eigenvalue weighted by molar-refractivity contribution is 0.0507. The van der Waals surface area contributed by atoms with Gasteiger partial charge in [0.1, 0.15) is 17.2 Å². The molecule has 1 heterocycles. The molecule has 1 aliphatic rings. The summed E-state index contributed by atoms with van der Waals surface area (Å²) in [5.74, 6) is -0.463. The highest BCUT2D eigenvalue weighted by Crippen LogP contribution is 2.12. The van der Waals surface area contributed by atoms with E-state index in [-0.39, 0.29) is 30.0 Å². The van der Waals surface area contributed by atoms with Gasteiger partial charge in [0.2, 0.25) is 0 Å². The van der Waals surface area contributed by atoms with Crippen LogP contribution in [0.15, 0.2) is 23.2 Å². The van der Waals surface area contributed by atoms with Gasteiger partial charge < -0.3 is 20.3 Å². The second kappa shape index (κ2) is 10.8. The van der Waals surface area contributed by atoms with Crippen molar-refractivity contribution in [2.45, 2.75) is 45.3 Å². The quantitative estimate of drug-likeness (QED) is 0.371. The first-order chi connectivity index (χ1) is 12.7.